The molecule has 6 aromatic heterocycles. The number of nitrogens with one attached hydrogen (secondary N) is 3. The van der Waals surface area contributed by atoms with Crippen LogP contribution in [0.25, 0.3) is 55.4 Å². The Balaban J connectivity index is 0.000000156. The van der Waals surface area contributed by atoms with Crippen LogP contribution < -0.4 is 16.4 Å². The molecule has 16 heteroatoms. The Labute approximate surface area is 351 Å². The first-order valence-electron chi connectivity index (χ1n) is 19.5. The largest absolute Gasteiger partial charge is 0.358 e. The van der Waals surface area contributed by atoms with Crippen molar-refractivity contribution in [3.63, 3.8) is 0 Å². The lowest BCUT2D eigenvalue weighted by atomic mass is 9.97. The van der Waals surface area contributed by atoms with E-state index in [-0.39, 0.29) is 22.9 Å². The first kappa shape index (κ1) is 38.8. The number of H-pyrrole nitrogens is 2. The van der Waals surface area contributed by atoms with Gasteiger partial charge in [0.25, 0.3) is 11.1 Å². The molecule has 10 aromatic rings. The molecule has 2 atom stereocenters. The number of hydrogen-bond donors (Lipinski definition) is 3. The molecule has 0 amide bonds. The molecule has 4 aromatic carbocycles. The third-order valence-electron chi connectivity index (χ3n) is 10.5. The predicted octanol–water partition coefficient (Wildman–Crippen LogP) is 8.41. The van der Waals surface area contributed by atoms with Gasteiger partial charge in [0, 0.05) is 17.3 Å². The van der Waals surface area contributed by atoms with Gasteiger partial charge in [-0.2, -0.15) is 0 Å². The van der Waals surface area contributed by atoms with Crippen LogP contribution in [0.1, 0.15) is 49.4 Å². The zero-order valence-corrected chi connectivity index (χ0v) is 33.5. The maximum atomic E-state index is 14.5. The summed E-state index contributed by atoms with van der Waals surface area (Å²) in [6, 6.07) is 30.4. The maximum absolute atomic E-state index is 14.5. The minimum Gasteiger partial charge on any atom is -0.358 e. The van der Waals surface area contributed by atoms with E-state index in [1.54, 1.807) is 47.6 Å². The van der Waals surface area contributed by atoms with Crippen LogP contribution in [-0.4, -0.2) is 54.0 Å². The quantitative estimate of drug-likeness (QED) is 0.128. The minimum absolute atomic E-state index is 0.00249. The van der Waals surface area contributed by atoms with Crippen molar-refractivity contribution in [2.24, 2.45) is 0 Å². The fraction of sp³-hybridized carbons (Fsp3) is 0.133. The van der Waals surface area contributed by atoms with Gasteiger partial charge in [0.05, 0.1) is 46.0 Å². The maximum Gasteiger partial charge on any atom is 0.269 e. The highest BCUT2D eigenvalue weighted by Crippen LogP contribution is 2.30. The molecule has 0 aliphatic heterocycles. The Morgan fingerprint density at radius 3 is 2.08 bits per heavy atom. The molecular weight excluding hydrogens is 795 g/mol. The molecule has 0 aliphatic rings. The van der Waals surface area contributed by atoms with Crippen LogP contribution in [0.15, 0.2) is 138 Å². The van der Waals surface area contributed by atoms with Crippen molar-refractivity contribution in [1.82, 2.24) is 54.0 Å². The average Bonchev–Trinajstić information content (AvgIpc) is 3.98. The second kappa shape index (κ2) is 16.5. The standard InChI is InChI=1S/C23H18ClN5O.C22H18FN7O/c1-14(10-18-21-22(27-12-25-18)28-13-26-21)19-11-15-6-5-9-17(24)20(15)23(30)29(19)16-7-3-2-4-8-16;1-2-15(28-20-18-19(25-11-24-18)26-12-27-20)21-29-16-10-6-9-14(23)17(16)22(31)30(21)13-7-4-3-5-8-13/h2-9,11-14H,10H2,1H3,(H,25,26,27,28);3-12,15H,2H2,1H3,(H2,24,25,26,27,28)/t14-;15-/m10/s1. The van der Waals surface area contributed by atoms with Crippen molar-refractivity contribution in [2.75, 3.05) is 5.32 Å². The molecule has 6 heterocycles. The number of aromatic amines is 2. The summed E-state index contributed by atoms with van der Waals surface area (Å²) in [5, 5.41) is 5.12. The molecule has 0 fully saturated rings. The Kier molecular flexibility index (Phi) is 10.5. The van der Waals surface area contributed by atoms with E-state index in [9.17, 15) is 14.0 Å². The smallest absolute Gasteiger partial charge is 0.269 e. The molecule has 0 bridgehead atoms. The van der Waals surface area contributed by atoms with Gasteiger partial charge in [-0.15, -0.1) is 0 Å². The lowest BCUT2D eigenvalue weighted by Crippen LogP contribution is -2.28. The van der Waals surface area contributed by atoms with Gasteiger partial charge in [0.15, 0.2) is 17.1 Å². The Bertz CT molecular complexity index is 3320. The average molecular weight is 831 g/mol. The number of imidazole rings is 2. The lowest BCUT2D eigenvalue weighted by Gasteiger charge is -2.22. The number of pyridine rings is 1. The van der Waals surface area contributed by atoms with E-state index in [1.807, 2.05) is 73.7 Å². The van der Waals surface area contributed by atoms with Crippen LogP contribution >= 0.6 is 11.6 Å². The van der Waals surface area contributed by atoms with Crippen molar-refractivity contribution in [2.45, 2.75) is 38.6 Å². The van der Waals surface area contributed by atoms with Gasteiger partial charge in [-0.1, -0.05) is 80.0 Å². The fourth-order valence-corrected chi connectivity index (χ4v) is 7.83. The lowest BCUT2D eigenvalue weighted by molar-refractivity contribution is 0.630. The number of benzene rings is 4. The third-order valence-corrected chi connectivity index (χ3v) is 10.8. The van der Waals surface area contributed by atoms with Gasteiger partial charge < -0.3 is 15.3 Å². The van der Waals surface area contributed by atoms with Gasteiger partial charge >= 0.3 is 0 Å². The van der Waals surface area contributed by atoms with E-state index < -0.39 is 11.4 Å². The van der Waals surface area contributed by atoms with Gasteiger partial charge in [0.2, 0.25) is 0 Å². The molecule has 0 saturated heterocycles. The number of anilines is 1. The second-order valence-corrected chi connectivity index (χ2v) is 14.7. The van der Waals surface area contributed by atoms with Crippen LogP contribution in [-0.2, 0) is 6.42 Å². The van der Waals surface area contributed by atoms with Crippen molar-refractivity contribution in [1.29, 1.82) is 0 Å². The number of halogens is 2. The minimum atomic E-state index is -0.595. The molecule has 61 heavy (non-hydrogen) atoms. The number of fused-ring (bicyclic) bond motifs is 4. The fourth-order valence-electron chi connectivity index (χ4n) is 7.57. The van der Waals surface area contributed by atoms with E-state index >= 15 is 0 Å². The number of nitrogens with zero attached hydrogens (tertiary/aromatic N) is 9. The number of para-hydroxylation sites is 2. The van der Waals surface area contributed by atoms with Crippen molar-refractivity contribution in [3.05, 3.63) is 177 Å². The molecule has 3 N–H and O–H groups in total. The summed E-state index contributed by atoms with van der Waals surface area (Å²) in [6.07, 6.45) is 7.33. The molecule has 0 radical (unpaired) electrons. The predicted molar refractivity (Wildman–Crippen MR) is 234 cm³/mol. The summed E-state index contributed by atoms with van der Waals surface area (Å²) in [5.41, 5.74) is 5.54. The molecule has 0 spiro atoms. The van der Waals surface area contributed by atoms with Crippen LogP contribution in [0.3, 0.4) is 0 Å². The molecule has 0 unspecified atom stereocenters. The van der Waals surface area contributed by atoms with Crippen molar-refractivity contribution >= 4 is 61.4 Å². The first-order valence-corrected chi connectivity index (χ1v) is 19.9. The number of rotatable bonds is 9. The van der Waals surface area contributed by atoms with Crippen LogP contribution in [0.4, 0.5) is 10.2 Å². The highest BCUT2D eigenvalue weighted by molar-refractivity contribution is 6.35. The molecule has 14 nitrogen and oxygen atoms in total. The van der Waals surface area contributed by atoms with Crippen molar-refractivity contribution < 1.29 is 4.39 Å². The highest BCUT2D eigenvalue weighted by Gasteiger charge is 2.24. The zero-order chi connectivity index (χ0) is 42.0. The summed E-state index contributed by atoms with van der Waals surface area (Å²) in [5.74, 6) is 0.413. The topological polar surface area (TPSA) is 178 Å². The summed E-state index contributed by atoms with van der Waals surface area (Å²) < 4.78 is 17.8. The van der Waals surface area contributed by atoms with Gasteiger partial charge in [0.1, 0.15) is 40.7 Å². The van der Waals surface area contributed by atoms with Gasteiger partial charge in [-0.25, -0.2) is 39.3 Å². The summed E-state index contributed by atoms with van der Waals surface area (Å²) in [4.78, 5) is 63.3. The Hall–Kier alpha value is -7.65. The molecule has 0 saturated carbocycles. The first-order chi connectivity index (χ1) is 29.8. The number of aromatic nitrogens is 11. The monoisotopic (exact) mass is 830 g/mol. The van der Waals surface area contributed by atoms with E-state index in [0.29, 0.717) is 62.9 Å². The number of hydrogen-bond acceptors (Lipinski definition) is 10. The summed E-state index contributed by atoms with van der Waals surface area (Å²) in [6.45, 7) is 4.06. The van der Waals surface area contributed by atoms with Crippen LogP contribution in [0.5, 0.6) is 0 Å². The van der Waals surface area contributed by atoms with Crippen LogP contribution in [0.2, 0.25) is 5.02 Å². The van der Waals surface area contributed by atoms with E-state index in [0.717, 1.165) is 28.0 Å². The highest BCUT2D eigenvalue weighted by atomic mass is 35.5. The van der Waals surface area contributed by atoms with Gasteiger partial charge in [-0.3, -0.25) is 18.7 Å². The second-order valence-electron chi connectivity index (χ2n) is 14.3. The molecule has 10 rings (SSSR count). The van der Waals surface area contributed by atoms with Crippen molar-refractivity contribution in [3.8, 4) is 11.4 Å². The Morgan fingerprint density at radius 2 is 1.36 bits per heavy atom. The van der Waals surface area contributed by atoms with E-state index in [4.69, 9.17) is 16.6 Å². The molecule has 0 aliphatic carbocycles. The summed E-state index contributed by atoms with van der Waals surface area (Å²) >= 11 is 6.39. The zero-order valence-electron chi connectivity index (χ0n) is 32.8. The summed E-state index contributed by atoms with van der Waals surface area (Å²) in [7, 11) is 0. The van der Waals surface area contributed by atoms with Gasteiger partial charge in [-0.05, 0) is 66.8 Å². The van der Waals surface area contributed by atoms with E-state index in [1.165, 1.54) is 23.3 Å². The Morgan fingerprint density at radius 1 is 0.721 bits per heavy atom. The van der Waals surface area contributed by atoms with E-state index in [2.05, 4.69) is 52.1 Å². The van der Waals surface area contributed by atoms with Crippen LogP contribution in [0, 0.1) is 5.82 Å². The SMILES string of the molecule is CC[C@H](Nc1ncnc2nc[nH]c12)c1nc2cccc(F)c2c(=O)n1-c1ccccc1.C[C@H](Cc1ncnc2nc[nH]c12)c1cc2cccc(Cl)c2c(=O)n1-c1ccccc1. The normalized spacial score (nSPS) is 12.4. The third kappa shape index (κ3) is 7.35. The molecule has 302 valence electrons. The molecular formula is C45H36ClFN12O2.